The lowest BCUT2D eigenvalue weighted by Gasteiger charge is -2.21. The number of hydrogen-bond acceptors (Lipinski definition) is 1. The van der Waals surface area contributed by atoms with E-state index in [-0.39, 0.29) is 0 Å². The Morgan fingerprint density at radius 1 is 0.914 bits per heavy atom. The van der Waals surface area contributed by atoms with Crippen LogP contribution in [-0.2, 0) is 0 Å². The Balaban J connectivity index is 1.74. The maximum absolute atomic E-state index is 3.83. The Bertz CT molecular complexity index is 1520. The van der Waals surface area contributed by atoms with Crippen LogP contribution in [0.25, 0.3) is 44.0 Å². The highest BCUT2D eigenvalue weighted by atomic mass is 32.1. The molecule has 0 N–H and O–H groups in total. The normalized spacial score (nSPS) is 15.7. The molecule has 0 bridgehead atoms. The predicted molar refractivity (Wildman–Crippen MR) is 157 cm³/mol. The Morgan fingerprint density at radius 2 is 1.74 bits per heavy atom. The summed E-state index contributed by atoms with van der Waals surface area (Å²) in [5, 5.41) is 1.30. The molecule has 1 aliphatic rings. The summed E-state index contributed by atoms with van der Waals surface area (Å²) in [6, 6.07) is 20.5. The second kappa shape index (κ2) is 9.68. The number of thiophene rings is 1. The monoisotopic (exact) mass is 472 g/mol. The molecule has 1 aromatic heterocycles. The van der Waals surface area contributed by atoms with E-state index in [0.717, 1.165) is 6.42 Å². The third-order valence-electron chi connectivity index (χ3n) is 7.16. The van der Waals surface area contributed by atoms with Gasteiger partial charge < -0.3 is 0 Å². The Hall–Kier alpha value is -3.42. The van der Waals surface area contributed by atoms with Gasteiger partial charge in [-0.25, -0.2) is 0 Å². The number of fused-ring (bicyclic) bond motifs is 1. The van der Waals surface area contributed by atoms with Gasteiger partial charge in [-0.05, 0) is 107 Å². The summed E-state index contributed by atoms with van der Waals surface area (Å²) in [5.41, 5.74) is 12.1. The van der Waals surface area contributed by atoms with Crippen LogP contribution in [0.3, 0.4) is 0 Å². The summed E-state index contributed by atoms with van der Waals surface area (Å²) in [7, 11) is 0. The molecule has 1 atom stereocenters. The predicted octanol–water partition coefficient (Wildman–Crippen LogP) is 10.3. The molecule has 1 unspecified atom stereocenters. The maximum Gasteiger partial charge on any atom is 0.0384 e. The van der Waals surface area contributed by atoms with E-state index < -0.39 is 0 Å². The molecule has 5 rings (SSSR count). The molecule has 0 nitrogen and oxygen atoms in total. The van der Waals surface area contributed by atoms with E-state index in [1.165, 1.54) is 65.0 Å². The Morgan fingerprint density at radius 3 is 2.49 bits per heavy atom. The van der Waals surface area contributed by atoms with E-state index in [9.17, 15) is 0 Å². The van der Waals surface area contributed by atoms with Gasteiger partial charge in [-0.3, -0.25) is 0 Å². The number of rotatable bonds is 5. The minimum atomic E-state index is 0.554. The lowest BCUT2D eigenvalue weighted by atomic mass is 9.83. The molecule has 1 aliphatic carbocycles. The van der Waals surface area contributed by atoms with E-state index in [2.05, 4.69) is 113 Å². The molecule has 0 aliphatic heterocycles. The zero-order chi connectivity index (χ0) is 24.5. The van der Waals surface area contributed by atoms with Crippen LogP contribution in [0, 0.1) is 26.7 Å². The fourth-order valence-corrected chi connectivity index (χ4v) is 6.36. The van der Waals surface area contributed by atoms with E-state index in [1.54, 1.807) is 0 Å². The van der Waals surface area contributed by atoms with Gasteiger partial charge in [0.15, 0.2) is 0 Å². The van der Waals surface area contributed by atoms with Crippen molar-refractivity contribution < 1.29 is 0 Å². The maximum atomic E-state index is 3.83. The van der Waals surface area contributed by atoms with Gasteiger partial charge >= 0.3 is 0 Å². The van der Waals surface area contributed by atoms with Gasteiger partial charge in [0.2, 0.25) is 0 Å². The van der Waals surface area contributed by atoms with Gasteiger partial charge in [0.1, 0.15) is 0 Å². The van der Waals surface area contributed by atoms with Gasteiger partial charge in [0.05, 0.1) is 0 Å². The van der Waals surface area contributed by atoms with Gasteiger partial charge in [-0.1, -0.05) is 86.3 Å². The SMILES string of the molecule is C=C/C=C\c1cc2cc(-c3ccc(C4=CC=CCC4C)c(C)c3)c(-c3ccccc3C)c(C)c2s1. The highest BCUT2D eigenvalue weighted by Gasteiger charge is 2.19. The van der Waals surface area contributed by atoms with Gasteiger partial charge in [-0.2, -0.15) is 0 Å². The number of benzene rings is 3. The Labute approximate surface area is 213 Å². The van der Waals surface area contributed by atoms with Crippen LogP contribution in [0.2, 0.25) is 0 Å². The summed E-state index contributed by atoms with van der Waals surface area (Å²) in [4.78, 5) is 1.26. The highest BCUT2D eigenvalue weighted by Crippen LogP contribution is 2.44. The second-order valence-corrected chi connectivity index (χ2v) is 10.7. The van der Waals surface area contributed by atoms with Crippen LogP contribution in [0.1, 0.15) is 40.5 Å². The molecule has 35 heavy (non-hydrogen) atoms. The molecule has 1 heterocycles. The summed E-state index contributed by atoms with van der Waals surface area (Å²) in [6.45, 7) is 12.9. The lowest BCUT2D eigenvalue weighted by Crippen LogP contribution is -2.02. The van der Waals surface area contributed by atoms with Crippen LogP contribution in [-0.4, -0.2) is 0 Å². The summed E-state index contributed by atoms with van der Waals surface area (Å²) in [6.07, 6.45) is 13.9. The minimum Gasteiger partial charge on any atom is -0.136 e. The number of hydrogen-bond donors (Lipinski definition) is 0. The van der Waals surface area contributed by atoms with E-state index in [0.29, 0.717) is 5.92 Å². The third kappa shape index (κ3) is 4.37. The molecule has 0 spiro atoms. The fraction of sp³-hybridized carbons (Fsp3) is 0.176. The molecule has 1 heteroatoms. The molecule has 0 saturated heterocycles. The van der Waals surface area contributed by atoms with E-state index in [4.69, 9.17) is 0 Å². The van der Waals surface area contributed by atoms with Gasteiger partial charge in [0.25, 0.3) is 0 Å². The average molecular weight is 473 g/mol. The third-order valence-corrected chi connectivity index (χ3v) is 8.39. The topological polar surface area (TPSA) is 0 Å². The van der Waals surface area contributed by atoms with Crippen molar-refractivity contribution in [1.82, 2.24) is 0 Å². The van der Waals surface area contributed by atoms with Crippen molar-refractivity contribution in [1.29, 1.82) is 0 Å². The van der Waals surface area contributed by atoms with Crippen molar-refractivity contribution >= 4 is 33.1 Å². The van der Waals surface area contributed by atoms with Gasteiger partial charge in [-0.15, -0.1) is 11.3 Å². The molecule has 0 fully saturated rings. The summed E-state index contributed by atoms with van der Waals surface area (Å²) in [5.74, 6) is 0.554. The van der Waals surface area contributed by atoms with Gasteiger partial charge in [0, 0.05) is 9.58 Å². The van der Waals surface area contributed by atoms with Crippen LogP contribution in [0.5, 0.6) is 0 Å². The molecule has 0 amide bonds. The van der Waals surface area contributed by atoms with Crippen LogP contribution in [0.15, 0.2) is 91.6 Å². The van der Waals surface area contributed by atoms with Crippen molar-refractivity contribution in [2.75, 3.05) is 0 Å². The standard InChI is InChI=1S/C34H32S/c1-6-7-14-28-20-27-21-32(33(25(5)34(27)35-28)31-16-11-9-13-23(31)3)26-17-18-30(24(4)19-26)29-15-10-8-12-22(29)2/h6-11,13-22H,1,12H2,2-5H3/b14-7-. The smallest absolute Gasteiger partial charge is 0.0384 e. The first-order chi connectivity index (χ1) is 17.0. The number of allylic oxidation sites excluding steroid dienone is 6. The second-order valence-electron chi connectivity index (χ2n) is 9.62. The van der Waals surface area contributed by atoms with Crippen LogP contribution < -0.4 is 0 Å². The highest BCUT2D eigenvalue weighted by molar-refractivity contribution is 7.20. The molecular formula is C34H32S. The quantitative estimate of drug-likeness (QED) is 0.253. The Kier molecular flexibility index (Phi) is 6.45. The van der Waals surface area contributed by atoms with Crippen molar-refractivity contribution in [3.63, 3.8) is 0 Å². The van der Waals surface area contributed by atoms with Crippen molar-refractivity contribution in [3.8, 4) is 22.3 Å². The first kappa shape index (κ1) is 23.3. The summed E-state index contributed by atoms with van der Waals surface area (Å²) >= 11 is 1.86. The molecule has 174 valence electrons. The van der Waals surface area contributed by atoms with E-state index >= 15 is 0 Å². The largest absolute Gasteiger partial charge is 0.136 e. The molecule has 0 saturated carbocycles. The summed E-state index contributed by atoms with van der Waals surface area (Å²) < 4.78 is 1.36. The van der Waals surface area contributed by atoms with Crippen molar-refractivity contribution in [3.05, 3.63) is 119 Å². The minimum absolute atomic E-state index is 0.554. The molecule has 4 aromatic rings. The molecule has 3 aromatic carbocycles. The fourth-order valence-electron chi connectivity index (χ4n) is 5.30. The van der Waals surface area contributed by atoms with Crippen LogP contribution in [0.4, 0.5) is 0 Å². The van der Waals surface area contributed by atoms with Crippen LogP contribution >= 0.6 is 11.3 Å². The number of aryl methyl sites for hydroxylation is 3. The molecule has 0 radical (unpaired) electrons. The van der Waals surface area contributed by atoms with Crippen molar-refractivity contribution in [2.24, 2.45) is 5.92 Å². The van der Waals surface area contributed by atoms with E-state index in [1.807, 2.05) is 23.5 Å². The molecular weight excluding hydrogens is 440 g/mol. The zero-order valence-electron chi connectivity index (χ0n) is 21.1. The average Bonchev–Trinajstić information content (AvgIpc) is 3.27. The first-order valence-corrected chi connectivity index (χ1v) is 13.2. The first-order valence-electron chi connectivity index (χ1n) is 12.4. The lowest BCUT2D eigenvalue weighted by molar-refractivity contribution is 0.758. The zero-order valence-corrected chi connectivity index (χ0v) is 21.9. The van der Waals surface area contributed by atoms with Crippen molar-refractivity contribution in [2.45, 2.75) is 34.1 Å².